The van der Waals surface area contributed by atoms with E-state index in [1.165, 1.54) is 14.2 Å². The minimum atomic E-state index is -0.708. The lowest BCUT2D eigenvalue weighted by Gasteiger charge is -2.30. The van der Waals surface area contributed by atoms with Gasteiger partial charge >= 0.3 is 12.2 Å². The molecule has 2 aromatic heterocycles. The normalized spacial score (nSPS) is 19.3. The van der Waals surface area contributed by atoms with Crippen molar-refractivity contribution in [3.63, 3.8) is 0 Å². The molecule has 6 rings (SSSR count). The topological polar surface area (TPSA) is 175 Å². The third kappa shape index (κ3) is 8.72. The van der Waals surface area contributed by atoms with Gasteiger partial charge < -0.3 is 39.9 Å². The number of thioether (sulfide) groups is 1. The number of hydrogen-bond donors (Lipinski definition) is 4. The maximum atomic E-state index is 13.8. The van der Waals surface area contributed by atoms with E-state index >= 15 is 0 Å². The third-order valence-corrected chi connectivity index (χ3v) is 11.8. The van der Waals surface area contributed by atoms with Gasteiger partial charge in [-0.25, -0.2) is 19.6 Å². The van der Waals surface area contributed by atoms with Crippen LogP contribution in [-0.4, -0.2) is 105 Å². The van der Waals surface area contributed by atoms with Crippen molar-refractivity contribution in [3.05, 3.63) is 72.6 Å². The predicted molar refractivity (Wildman–Crippen MR) is 215 cm³/mol. The van der Waals surface area contributed by atoms with E-state index in [2.05, 4.69) is 74.1 Å². The number of rotatable bonds is 12. The van der Waals surface area contributed by atoms with E-state index in [-0.39, 0.29) is 41.0 Å². The number of imidazole rings is 2. The second-order valence-electron chi connectivity index (χ2n) is 15.0. The highest BCUT2D eigenvalue weighted by Gasteiger charge is 2.41. The van der Waals surface area contributed by atoms with Crippen molar-refractivity contribution in [2.75, 3.05) is 33.6 Å². The summed E-state index contributed by atoms with van der Waals surface area (Å²) in [5.41, 5.74) is 5.76. The van der Waals surface area contributed by atoms with Crippen LogP contribution in [0.1, 0.15) is 70.7 Å². The SMILES string of the molecule is COC(=O)N[C@H](C(=O)N1C[C@@H](SC)CC1c1ncc(-c2ccc(-c3ccc(-c4cnc([C@@H]5CCCN5C(=O)[C@@H](NC(=O)OC)C(C)C)[nH]4)cc3)cc2)[nH]1)C(C)C. The lowest BCUT2D eigenvalue weighted by atomic mass is 10.0. The Morgan fingerprint density at radius 2 is 1.16 bits per heavy atom. The number of amides is 4. The van der Waals surface area contributed by atoms with Gasteiger partial charge in [0.15, 0.2) is 0 Å². The zero-order chi connectivity index (χ0) is 40.1. The van der Waals surface area contributed by atoms with E-state index in [9.17, 15) is 19.2 Å². The lowest BCUT2D eigenvalue weighted by Crippen LogP contribution is -2.51. The van der Waals surface area contributed by atoms with Gasteiger partial charge in [-0.1, -0.05) is 76.2 Å². The van der Waals surface area contributed by atoms with Gasteiger partial charge in [0.25, 0.3) is 0 Å². The summed E-state index contributed by atoms with van der Waals surface area (Å²) in [6.45, 7) is 8.77. The summed E-state index contributed by atoms with van der Waals surface area (Å²) in [6.07, 6.45) is 6.78. The van der Waals surface area contributed by atoms with Gasteiger partial charge in [0.05, 0.1) is 50.1 Å². The molecule has 4 aromatic rings. The Kier molecular flexibility index (Phi) is 12.7. The summed E-state index contributed by atoms with van der Waals surface area (Å²) in [5.74, 6) is 0.925. The number of nitrogens with zero attached hydrogens (tertiary/aromatic N) is 4. The fourth-order valence-electron chi connectivity index (χ4n) is 7.53. The van der Waals surface area contributed by atoms with Crippen LogP contribution in [0.15, 0.2) is 60.9 Å². The number of methoxy groups -OCH3 is 2. The fraction of sp³-hybridized carbons (Fsp3) is 0.463. The molecule has 4 heterocycles. The molecule has 2 aliphatic rings. The molecule has 4 N–H and O–H groups in total. The number of carbonyl (C=O) groups is 4. The number of hydrogen-bond acceptors (Lipinski definition) is 9. The zero-order valence-electron chi connectivity index (χ0n) is 33.0. The number of nitrogens with one attached hydrogen (secondary N) is 4. The molecule has 5 atom stereocenters. The fourth-order valence-corrected chi connectivity index (χ4v) is 8.22. The van der Waals surface area contributed by atoms with Crippen LogP contribution in [-0.2, 0) is 19.1 Å². The number of H-pyrrole nitrogens is 2. The van der Waals surface area contributed by atoms with Gasteiger partial charge in [0.1, 0.15) is 23.7 Å². The molecule has 1 unspecified atom stereocenters. The van der Waals surface area contributed by atoms with Gasteiger partial charge in [0.2, 0.25) is 11.8 Å². The molecule has 2 aliphatic heterocycles. The summed E-state index contributed by atoms with van der Waals surface area (Å²) >= 11 is 1.72. The van der Waals surface area contributed by atoms with Crippen molar-refractivity contribution in [1.82, 2.24) is 40.4 Å². The summed E-state index contributed by atoms with van der Waals surface area (Å²) in [7, 11) is 2.58. The van der Waals surface area contributed by atoms with Gasteiger partial charge in [-0.2, -0.15) is 11.8 Å². The van der Waals surface area contributed by atoms with Gasteiger partial charge in [0, 0.05) is 18.3 Å². The standard InChI is InChI=1S/C41H52N8O6S/c1-23(2)34(46-40(52)54-5)38(50)48-18-8-9-32(48)36-42-20-30(44-36)27-14-10-25(11-15-27)26-12-16-28(17-13-26)31-21-43-37(45-31)33-19-29(56-7)22-49(33)39(51)35(24(3)4)47-41(53)55-6/h10-17,20-21,23-24,29,32-35H,8-9,18-19,22H2,1-7H3,(H,42,44)(H,43,45)(H,46,52)(H,47,53)/t29-,32-,33?,34-,35-/m0/s1. The first-order chi connectivity index (χ1) is 26.9. The Labute approximate surface area is 331 Å². The Morgan fingerprint density at radius 3 is 1.61 bits per heavy atom. The van der Waals surface area contributed by atoms with Crippen LogP contribution in [0.3, 0.4) is 0 Å². The van der Waals surface area contributed by atoms with Crippen molar-refractivity contribution in [2.45, 2.75) is 76.4 Å². The molecular formula is C41H52N8O6S. The number of aromatic amines is 2. The minimum Gasteiger partial charge on any atom is -0.453 e. The number of aromatic nitrogens is 4. The quantitative estimate of drug-likeness (QED) is 0.124. The first-order valence-corrected chi connectivity index (χ1v) is 20.3. The highest BCUT2D eigenvalue weighted by molar-refractivity contribution is 7.99. The Morgan fingerprint density at radius 1 is 0.714 bits per heavy atom. The molecule has 15 heteroatoms. The highest BCUT2D eigenvalue weighted by atomic mass is 32.2. The molecule has 2 aromatic carbocycles. The predicted octanol–water partition coefficient (Wildman–Crippen LogP) is 6.56. The molecule has 0 spiro atoms. The van der Waals surface area contributed by atoms with Gasteiger partial charge in [-0.15, -0.1) is 0 Å². The first-order valence-electron chi connectivity index (χ1n) is 19.1. The molecule has 4 amide bonds. The average molecular weight is 785 g/mol. The Bertz CT molecular complexity index is 1990. The van der Waals surface area contributed by atoms with Crippen LogP contribution >= 0.6 is 11.8 Å². The average Bonchev–Trinajstić information content (AvgIpc) is 4.04. The third-order valence-electron chi connectivity index (χ3n) is 10.7. The first kappa shape index (κ1) is 40.4. The van der Waals surface area contributed by atoms with E-state index in [4.69, 9.17) is 14.5 Å². The van der Waals surface area contributed by atoms with Crippen molar-refractivity contribution in [3.8, 4) is 33.6 Å². The van der Waals surface area contributed by atoms with E-state index in [0.717, 1.165) is 64.6 Å². The van der Waals surface area contributed by atoms with Crippen molar-refractivity contribution in [2.24, 2.45) is 11.8 Å². The van der Waals surface area contributed by atoms with Crippen LogP contribution in [0.5, 0.6) is 0 Å². The van der Waals surface area contributed by atoms with Crippen LogP contribution in [0.2, 0.25) is 0 Å². The van der Waals surface area contributed by atoms with Crippen molar-refractivity contribution >= 4 is 35.8 Å². The highest BCUT2D eigenvalue weighted by Crippen LogP contribution is 2.38. The monoisotopic (exact) mass is 784 g/mol. The molecule has 56 heavy (non-hydrogen) atoms. The number of benzene rings is 2. The molecule has 0 bridgehead atoms. The largest absolute Gasteiger partial charge is 0.453 e. The summed E-state index contributed by atoms with van der Waals surface area (Å²) in [5, 5.41) is 5.66. The minimum absolute atomic E-state index is 0.106. The zero-order valence-corrected chi connectivity index (χ0v) is 33.8. The molecule has 0 aliphatic carbocycles. The lowest BCUT2D eigenvalue weighted by molar-refractivity contribution is -0.136. The van der Waals surface area contributed by atoms with Crippen molar-refractivity contribution in [1.29, 1.82) is 0 Å². The molecule has 0 radical (unpaired) electrons. The number of likely N-dealkylation sites (tertiary alicyclic amines) is 2. The smallest absolute Gasteiger partial charge is 0.407 e. The maximum Gasteiger partial charge on any atom is 0.407 e. The van der Waals surface area contributed by atoms with E-state index in [1.807, 2.05) is 45.0 Å². The molecule has 298 valence electrons. The molecular weight excluding hydrogens is 733 g/mol. The summed E-state index contributed by atoms with van der Waals surface area (Å²) in [6, 6.07) is 14.7. The van der Waals surface area contributed by atoms with Gasteiger partial charge in [-0.05, 0) is 59.6 Å². The van der Waals surface area contributed by atoms with Crippen molar-refractivity contribution < 1.29 is 28.7 Å². The van der Waals surface area contributed by atoms with E-state index in [0.29, 0.717) is 13.1 Å². The van der Waals surface area contributed by atoms with E-state index < -0.39 is 24.3 Å². The van der Waals surface area contributed by atoms with E-state index in [1.54, 1.807) is 22.9 Å². The maximum absolute atomic E-state index is 13.8. The van der Waals surface area contributed by atoms with Crippen LogP contribution < -0.4 is 10.6 Å². The Balaban J connectivity index is 1.12. The molecule has 2 fully saturated rings. The van der Waals surface area contributed by atoms with Crippen LogP contribution in [0.4, 0.5) is 9.59 Å². The second-order valence-corrected chi connectivity index (χ2v) is 16.2. The molecule has 0 saturated carbocycles. The number of alkyl carbamates (subject to hydrolysis) is 2. The van der Waals surface area contributed by atoms with Gasteiger partial charge in [-0.3, -0.25) is 9.59 Å². The summed E-state index contributed by atoms with van der Waals surface area (Å²) < 4.78 is 9.54. The Hall–Kier alpha value is -5.31. The van der Waals surface area contributed by atoms with Crippen LogP contribution in [0.25, 0.3) is 33.6 Å². The summed E-state index contributed by atoms with van der Waals surface area (Å²) in [4.78, 5) is 71.3. The second kappa shape index (κ2) is 17.7. The number of ether oxygens (including phenoxy) is 2. The number of carbonyl (C=O) groups excluding carboxylic acids is 4. The molecule has 2 saturated heterocycles. The van der Waals surface area contributed by atoms with Crippen LogP contribution in [0, 0.1) is 11.8 Å². The molecule has 14 nitrogen and oxygen atoms in total.